The summed E-state index contributed by atoms with van der Waals surface area (Å²) in [5.41, 5.74) is -1.26. The standard InChI is InChI=1S/C12H22O5/c1-4-16-10(14)12(3,8-6-7-9-13)11(15)17-5-2/h13H,4-9H2,1-3H3. The Hall–Kier alpha value is -1.10. The van der Waals surface area contributed by atoms with E-state index in [1.807, 2.05) is 0 Å². The number of aliphatic hydroxyl groups is 1. The van der Waals surface area contributed by atoms with Crippen molar-refractivity contribution in [3.63, 3.8) is 0 Å². The highest BCUT2D eigenvalue weighted by Gasteiger charge is 2.43. The first-order valence-electron chi connectivity index (χ1n) is 5.98. The van der Waals surface area contributed by atoms with Crippen molar-refractivity contribution in [3.8, 4) is 0 Å². The first kappa shape index (κ1) is 15.9. The highest BCUT2D eigenvalue weighted by atomic mass is 16.6. The van der Waals surface area contributed by atoms with Crippen molar-refractivity contribution < 1.29 is 24.2 Å². The second kappa shape index (κ2) is 8.06. The third kappa shape index (κ3) is 4.73. The molecule has 17 heavy (non-hydrogen) atoms. The molecule has 0 aliphatic carbocycles. The largest absolute Gasteiger partial charge is 0.465 e. The smallest absolute Gasteiger partial charge is 0.323 e. The number of unbranched alkanes of at least 4 members (excludes halogenated alkanes) is 1. The number of hydrogen-bond acceptors (Lipinski definition) is 5. The molecule has 0 atom stereocenters. The summed E-state index contributed by atoms with van der Waals surface area (Å²) >= 11 is 0. The Labute approximate surface area is 102 Å². The Morgan fingerprint density at radius 3 is 1.88 bits per heavy atom. The zero-order valence-electron chi connectivity index (χ0n) is 10.8. The topological polar surface area (TPSA) is 72.8 Å². The maximum atomic E-state index is 11.8. The second-order valence-corrected chi connectivity index (χ2v) is 3.95. The molecule has 100 valence electrons. The molecule has 0 aliphatic rings. The molecular weight excluding hydrogens is 224 g/mol. The SMILES string of the molecule is CCOC(=O)C(C)(CCCCO)C(=O)OCC. The molecule has 0 heterocycles. The Balaban J connectivity index is 4.66. The summed E-state index contributed by atoms with van der Waals surface area (Å²) < 4.78 is 9.81. The Morgan fingerprint density at radius 2 is 1.53 bits per heavy atom. The van der Waals surface area contributed by atoms with Crippen LogP contribution >= 0.6 is 0 Å². The first-order valence-corrected chi connectivity index (χ1v) is 5.98. The molecule has 0 fully saturated rings. The van der Waals surface area contributed by atoms with E-state index in [4.69, 9.17) is 14.6 Å². The minimum Gasteiger partial charge on any atom is -0.465 e. The lowest BCUT2D eigenvalue weighted by Crippen LogP contribution is -2.39. The Bertz CT molecular complexity index is 231. The quantitative estimate of drug-likeness (QED) is 0.397. The number of hydrogen-bond donors (Lipinski definition) is 1. The normalized spacial score (nSPS) is 11.1. The molecule has 0 rings (SSSR count). The lowest BCUT2D eigenvalue weighted by Gasteiger charge is -2.24. The van der Waals surface area contributed by atoms with Crippen LogP contribution in [0.2, 0.25) is 0 Å². The number of ether oxygens (including phenoxy) is 2. The summed E-state index contributed by atoms with van der Waals surface area (Å²) in [5, 5.41) is 8.71. The van der Waals surface area contributed by atoms with E-state index in [1.165, 1.54) is 6.92 Å². The van der Waals surface area contributed by atoms with Gasteiger partial charge in [-0.15, -0.1) is 0 Å². The molecule has 0 amide bonds. The van der Waals surface area contributed by atoms with Gasteiger partial charge in [0.15, 0.2) is 5.41 Å². The third-order valence-corrected chi connectivity index (χ3v) is 2.54. The van der Waals surface area contributed by atoms with Gasteiger partial charge in [0.05, 0.1) is 13.2 Å². The van der Waals surface area contributed by atoms with Gasteiger partial charge in [-0.1, -0.05) is 0 Å². The maximum absolute atomic E-state index is 11.8. The predicted octanol–water partition coefficient (Wildman–Crippen LogP) is 1.28. The van der Waals surface area contributed by atoms with E-state index in [-0.39, 0.29) is 19.8 Å². The highest BCUT2D eigenvalue weighted by Crippen LogP contribution is 2.28. The zero-order chi connectivity index (χ0) is 13.3. The molecule has 0 aliphatic heterocycles. The number of rotatable bonds is 8. The van der Waals surface area contributed by atoms with E-state index < -0.39 is 17.4 Å². The van der Waals surface area contributed by atoms with Crippen molar-refractivity contribution in [2.24, 2.45) is 5.41 Å². The van der Waals surface area contributed by atoms with Crippen molar-refractivity contribution in [1.29, 1.82) is 0 Å². The summed E-state index contributed by atoms with van der Waals surface area (Å²) in [6, 6.07) is 0. The van der Waals surface area contributed by atoms with Gasteiger partial charge in [-0.3, -0.25) is 9.59 Å². The highest BCUT2D eigenvalue weighted by molar-refractivity contribution is 5.99. The van der Waals surface area contributed by atoms with Gasteiger partial charge in [0, 0.05) is 6.61 Å². The minimum absolute atomic E-state index is 0.0434. The third-order valence-electron chi connectivity index (χ3n) is 2.54. The van der Waals surface area contributed by atoms with E-state index in [9.17, 15) is 9.59 Å². The molecule has 0 aromatic carbocycles. The van der Waals surface area contributed by atoms with Crippen molar-refractivity contribution in [3.05, 3.63) is 0 Å². The van der Waals surface area contributed by atoms with Gasteiger partial charge in [-0.05, 0) is 40.0 Å². The van der Waals surface area contributed by atoms with Crippen LogP contribution in [0.1, 0.15) is 40.0 Å². The van der Waals surface area contributed by atoms with Gasteiger partial charge < -0.3 is 14.6 Å². The molecule has 0 aromatic heterocycles. The molecule has 0 unspecified atom stereocenters. The summed E-state index contributed by atoms with van der Waals surface area (Å²) in [5.74, 6) is -1.12. The van der Waals surface area contributed by atoms with E-state index in [0.29, 0.717) is 19.3 Å². The lowest BCUT2D eigenvalue weighted by atomic mass is 9.85. The van der Waals surface area contributed by atoms with Crippen molar-refractivity contribution in [2.45, 2.75) is 40.0 Å². The van der Waals surface area contributed by atoms with Crippen molar-refractivity contribution in [2.75, 3.05) is 19.8 Å². The fourth-order valence-corrected chi connectivity index (χ4v) is 1.46. The van der Waals surface area contributed by atoms with Gasteiger partial charge >= 0.3 is 11.9 Å². The van der Waals surface area contributed by atoms with E-state index in [0.717, 1.165) is 0 Å². The van der Waals surface area contributed by atoms with E-state index in [1.54, 1.807) is 13.8 Å². The molecule has 0 saturated carbocycles. The minimum atomic E-state index is -1.26. The van der Waals surface area contributed by atoms with Gasteiger partial charge in [0.25, 0.3) is 0 Å². The number of esters is 2. The first-order chi connectivity index (χ1) is 8.02. The summed E-state index contributed by atoms with van der Waals surface area (Å²) in [4.78, 5) is 23.6. The van der Waals surface area contributed by atoms with Crippen LogP contribution in [0.4, 0.5) is 0 Å². The average Bonchev–Trinajstić information content (AvgIpc) is 2.29. The van der Waals surface area contributed by atoms with E-state index >= 15 is 0 Å². The van der Waals surface area contributed by atoms with Crippen LogP contribution in [0.3, 0.4) is 0 Å². The monoisotopic (exact) mass is 246 g/mol. The van der Waals surface area contributed by atoms with Crippen LogP contribution in [-0.4, -0.2) is 36.9 Å². The van der Waals surface area contributed by atoms with Crippen LogP contribution in [0, 0.1) is 5.41 Å². The molecule has 0 radical (unpaired) electrons. The number of carbonyl (C=O) groups is 2. The zero-order valence-corrected chi connectivity index (χ0v) is 10.8. The average molecular weight is 246 g/mol. The molecule has 5 nitrogen and oxygen atoms in total. The fraction of sp³-hybridized carbons (Fsp3) is 0.833. The Kier molecular flexibility index (Phi) is 7.54. The number of carbonyl (C=O) groups excluding carboxylic acids is 2. The van der Waals surface area contributed by atoms with Gasteiger partial charge in [0.1, 0.15) is 0 Å². The predicted molar refractivity (Wildman–Crippen MR) is 62.3 cm³/mol. The van der Waals surface area contributed by atoms with Crippen LogP contribution in [0.25, 0.3) is 0 Å². The van der Waals surface area contributed by atoms with Crippen molar-refractivity contribution >= 4 is 11.9 Å². The molecular formula is C12H22O5. The lowest BCUT2D eigenvalue weighted by molar-refractivity contribution is -0.171. The van der Waals surface area contributed by atoms with Gasteiger partial charge in [-0.25, -0.2) is 0 Å². The number of aliphatic hydroxyl groups excluding tert-OH is 1. The van der Waals surface area contributed by atoms with E-state index in [2.05, 4.69) is 0 Å². The molecule has 0 saturated heterocycles. The van der Waals surface area contributed by atoms with Gasteiger partial charge in [0.2, 0.25) is 0 Å². The van der Waals surface area contributed by atoms with Crippen LogP contribution in [0.15, 0.2) is 0 Å². The molecule has 1 N–H and O–H groups in total. The van der Waals surface area contributed by atoms with Gasteiger partial charge in [-0.2, -0.15) is 0 Å². The molecule has 0 aromatic rings. The summed E-state index contributed by atoms with van der Waals surface area (Å²) in [7, 11) is 0. The Morgan fingerprint density at radius 1 is 1.06 bits per heavy atom. The van der Waals surface area contributed by atoms with Crippen LogP contribution < -0.4 is 0 Å². The fourth-order valence-electron chi connectivity index (χ4n) is 1.46. The molecule has 0 bridgehead atoms. The summed E-state index contributed by atoms with van der Waals surface area (Å²) in [6.07, 6.45) is 1.45. The molecule has 5 heteroatoms. The summed E-state index contributed by atoms with van der Waals surface area (Å²) in [6.45, 7) is 5.41. The van der Waals surface area contributed by atoms with Crippen LogP contribution in [-0.2, 0) is 19.1 Å². The maximum Gasteiger partial charge on any atom is 0.323 e. The van der Waals surface area contributed by atoms with Crippen molar-refractivity contribution in [1.82, 2.24) is 0 Å². The van der Waals surface area contributed by atoms with Crippen LogP contribution in [0.5, 0.6) is 0 Å². The molecule has 0 spiro atoms. The second-order valence-electron chi connectivity index (χ2n) is 3.95.